The third-order valence-electron chi connectivity index (χ3n) is 7.08. The lowest BCUT2D eigenvalue weighted by atomic mass is 9.72. The summed E-state index contributed by atoms with van der Waals surface area (Å²) in [6, 6.07) is 27.9. The zero-order valence-corrected chi connectivity index (χ0v) is 21.2. The summed E-state index contributed by atoms with van der Waals surface area (Å²) in [6.07, 6.45) is 4.68. The van der Waals surface area contributed by atoms with Gasteiger partial charge in [0.1, 0.15) is 11.3 Å². The van der Waals surface area contributed by atoms with Crippen molar-refractivity contribution in [2.75, 3.05) is 7.11 Å². The standard InChI is InChI=1S/C31H31NO5/c1-22(33)36-37-27-18-11-12-23(21-27)20-26-17-9-10-19-31(26,34-2)30-32-28(24-13-5-3-6-14-24)29(35-30)25-15-7-4-8-16-25/h3-8,11-16,18,21,26H,9-10,17,19-20H2,1-2H3/t26-,31+/m0/s1. The average molecular weight is 498 g/mol. The summed E-state index contributed by atoms with van der Waals surface area (Å²) < 4.78 is 13.0. The van der Waals surface area contributed by atoms with Crippen LogP contribution in [0.1, 0.15) is 44.1 Å². The van der Waals surface area contributed by atoms with Gasteiger partial charge in [0, 0.05) is 31.1 Å². The van der Waals surface area contributed by atoms with E-state index in [9.17, 15) is 4.79 Å². The molecule has 0 unspecified atom stereocenters. The Kier molecular flexibility index (Phi) is 7.37. The van der Waals surface area contributed by atoms with Crippen LogP contribution in [0.5, 0.6) is 5.75 Å². The van der Waals surface area contributed by atoms with Crippen molar-refractivity contribution in [1.82, 2.24) is 4.98 Å². The highest BCUT2D eigenvalue weighted by Gasteiger charge is 2.47. The van der Waals surface area contributed by atoms with Gasteiger partial charge in [-0.3, -0.25) is 9.78 Å². The summed E-state index contributed by atoms with van der Waals surface area (Å²) in [4.78, 5) is 26.1. The molecule has 4 aromatic rings. The molecule has 37 heavy (non-hydrogen) atoms. The Labute approximate surface area is 217 Å². The Morgan fingerprint density at radius 3 is 2.41 bits per heavy atom. The Morgan fingerprint density at radius 2 is 1.70 bits per heavy atom. The van der Waals surface area contributed by atoms with E-state index in [1.165, 1.54) is 6.92 Å². The van der Waals surface area contributed by atoms with Gasteiger partial charge in [-0.2, -0.15) is 0 Å². The molecule has 5 rings (SSSR count). The van der Waals surface area contributed by atoms with E-state index >= 15 is 0 Å². The third kappa shape index (κ3) is 5.30. The molecule has 190 valence electrons. The van der Waals surface area contributed by atoms with Crippen LogP contribution in [0.3, 0.4) is 0 Å². The molecule has 3 aromatic carbocycles. The summed E-state index contributed by atoms with van der Waals surface area (Å²) in [5, 5.41) is 0. The molecule has 6 nitrogen and oxygen atoms in total. The molecule has 0 radical (unpaired) electrons. The maximum atomic E-state index is 11.2. The molecule has 2 atom stereocenters. The van der Waals surface area contributed by atoms with Gasteiger partial charge >= 0.3 is 5.97 Å². The molecule has 1 fully saturated rings. The van der Waals surface area contributed by atoms with Gasteiger partial charge in [0.2, 0.25) is 5.89 Å². The van der Waals surface area contributed by atoms with Crippen molar-refractivity contribution in [3.63, 3.8) is 0 Å². The summed E-state index contributed by atoms with van der Waals surface area (Å²) in [6.45, 7) is 1.31. The molecule has 1 aliphatic carbocycles. The summed E-state index contributed by atoms with van der Waals surface area (Å²) in [5.74, 6) is 1.49. The van der Waals surface area contributed by atoms with Gasteiger partial charge < -0.3 is 9.15 Å². The summed E-state index contributed by atoms with van der Waals surface area (Å²) in [7, 11) is 1.76. The number of oxazole rings is 1. The van der Waals surface area contributed by atoms with Crippen molar-refractivity contribution >= 4 is 5.97 Å². The van der Waals surface area contributed by atoms with Gasteiger partial charge in [-0.15, -0.1) is 0 Å². The highest BCUT2D eigenvalue weighted by Crippen LogP contribution is 2.48. The van der Waals surface area contributed by atoms with Crippen molar-refractivity contribution in [1.29, 1.82) is 0 Å². The van der Waals surface area contributed by atoms with E-state index in [4.69, 9.17) is 23.9 Å². The predicted octanol–water partition coefficient (Wildman–Crippen LogP) is 7.14. The first-order valence-corrected chi connectivity index (χ1v) is 12.7. The van der Waals surface area contributed by atoms with Gasteiger partial charge in [0.25, 0.3) is 0 Å². The lowest BCUT2D eigenvalue weighted by Gasteiger charge is -2.40. The first-order valence-electron chi connectivity index (χ1n) is 12.7. The number of hydrogen-bond donors (Lipinski definition) is 0. The van der Waals surface area contributed by atoms with Crippen LogP contribution in [0.4, 0.5) is 0 Å². The Bertz CT molecular complexity index is 1280. The quantitative estimate of drug-likeness (QED) is 0.190. The predicted molar refractivity (Wildman–Crippen MR) is 141 cm³/mol. The van der Waals surface area contributed by atoms with Gasteiger partial charge in [0.15, 0.2) is 11.5 Å². The third-order valence-corrected chi connectivity index (χ3v) is 7.08. The number of carbonyl (C=O) groups is 1. The maximum absolute atomic E-state index is 11.2. The first kappa shape index (κ1) is 24.8. The number of benzene rings is 3. The fraction of sp³-hybridized carbons (Fsp3) is 0.290. The van der Waals surface area contributed by atoms with Gasteiger partial charge in [-0.1, -0.05) is 85.6 Å². The van der Waals surface area contributed by atoms with Crippen LogP contribution in [0.15, 0.2) is 89.3 Å². The van der Waals surface area contributed by atoms with Crippen molar-refractivity contribution in [2.45, 2.75) is 44.6 Å². The van der Waals surface area contributed by atoms with E-state index in [1.54, 1.807) is 13.2 Å². The van der Waals surface area contributed by atoms with Crippen LogP contribution in [-0.4, -0.2) is 18.1 Å². The van der Waals surface area contributed by atoms with Crippen LogP contribution in [0.2, 0.25) is 0 Å². The van der Waals surface area contributed by atoms with Gasteiger partial charge in [-0.25, -0.2) is 9.78 Å². The molecule has 0 spiro atoms. The number of rotatable bonds is 8. The highest BCUT2D eigenvalue weighted by molar-refractivity contribution is 5.76. The first-order chi connectivity index (χ1) is 18.1. The second-order valence-corrected chi connectivity index (χ2v) is 9.47. The van der Waals surface area contributed by atoms with Crippen LogP contribution in [0.25, 0.3) is 22.6 Å². The van der Waals surface area contributed by atoms with E-state index in [2.05, 4.69) is 18.2 Å². The molecule has 0 N–H and O–H groups in total. The number of ether oxygens (including phenoxy) is 1. The summed E-state index contributed by atoms with van der Waals surface area (Å²) in [5.41, 5.74) is 3.21. The number of nitrogens with zero attached hydrogens (tertiary/aromatic N) is 1. The van der Waals surface area contributed by atoms with E-state index in [1.807, 2.05) is 60.7 Å². The molecule has 1 saturated carbocycles. The number of hydrogen-bond acceptors (Lipinski definition) is 6. The minimum absolute atomic E-state index is 0.140. The molecule has 1 heterocycles. The zero-order valence-electron chi connectivity index (χ0n) is 21.2. The zero-order chi connectivity index (χ0) is 25.7. The number of carbonyl (C=O) groups excluding carboxylic acids is 1. The molecule has 6 heteroatoms. The van der Waals surface area contributed by atoms with Gasteiger partial charge in [0.05, 0.1) is 0 Å². The van der Waals surface area contributed by atoms with Crippen molar-refractivity contribution in [3.05, 3.63) is 96.4 Å². The normalized spacial score (nSPS) is 19.4. The molecule has 1 aliphatic rings. The average Bonchev–Trinajstić information content (AvgIpc) is 3.40. The minimum atomic E-state index is -0.665. The minimum Gasteiger partial charge on any atom is -0.437 e. The molecular formula is C31H31NO5. The van der Waals surface area contributed by atoms with E-state index in [0.29, 0.717) is 11.6 Å². The van der Waals surface area contributed by atoms with Crippen molar-refractivity contribution in [3.8, 4) is 28.3 Å². The Balaban J connectivity index is 1.53. The molecule has 0 bridgehead atoms. The second-order valence-electron chi connectivity index (χ2n) is 9.47. The largest absolute Gasteiger partial charge is 0.437 e. The topological polar surface area (TPSA) is 70.8 Å². The van der Waals surface area contributed by atoms with E-state index < -0.39 is 11.6 Å². The fourth-order valence-corrected chi connectivity index (χ4v) is 5.31. The van der Waals surface area contributed by atoms with Crippen molar-refractivity contribution < 1.29 is 23.7 Å². The van der Waals surface area contributed by atoms with Crippen LogP contribution in [0, 0.1) is 5.92 Å². The van der Waals surface area contributed by atoms with Gasteiger partial charge in [-0.05, 0) is 37.0 Å². The molecule has 0 aliphatic heterocycles. The Morgan fingerprint density at radius 1 is 0.973 bits per heavy atom. The smallest absolute Gasteiger partial charge is 0.352 e. The molecule has 0 saturated heterocycles. The fourth-order valence-electron chi connectivity index (χ4n) is 5.31. The lowest BCUT2D eigenvalue weighted by molar-refractivity contribution is -0.210. The molecular weight excluding hydrogens is 466 g/mol. The van der Waals surface area contributed by atoms with Crippen LogP contribution >= 0.6 is 0 Å². The number of aromatic nitrogens is 1. The summed E-state index contributed by atoms with van der Waals surface area (Å²) >= 11 is 0. The van der Waals surface area contributed by atoms with Crippen LogP contribution < -0.4 is 4.89 Å². The Hall–Kier alpha value is -3.90. The highest BCUT2D eigenvalue weighted by atomic mass is 17.2. The van der Waals surface area contributed by atoms with E-state index in [0.717, 1.165) is 60.2 Å². The van der Waals surface area contributed by atoms with E-state index in [-0.39, 0.29) is 5.92 Å². The van der Waals surface area contributed by atoms with Crippen molar-refractivity contribution in [2.24, 2.45) is 5.92 Å². The number of methoxy groups -OCH3 is 1. The maximum Gasteiger partial charge on any atom is 0.352 e. The molecule has 1 aromatic heterocycles. The lowest BCUT2D eigenvalue weighted by Crippen LogP contribution is -2.41. The monoisotopic (exact) mass is 497 g/mol. The SMILES string of the molecule is CO[C@]1(c2nc(-c3ccccc3)c(-c3ccccc3)o2)CCCC[C@H]1Cc1cccc(OOC(C)=O)c1. The van der Waals surface area contributed by atoms with Crippen LogP contribution in [-0.2, 0) is 26.4 Å². The molecule has 0 amide bonds. The second kappa shape index (κ2) is 11.0.